The maximum Gasteiger partial charge on any atom is 0.469 e. The maximum atomic E-state index is 11.4. The van der Waals surface area contributed by atoms with Gasteiger partial charge in [0.05, 0.1) is 6.61 Å². The molecule has 2 saturated heterocycles. The molecule has 1 unspecified atom stereocenters. The fourth-order valence-electron chi connectivity index (χ4n) is 3.12. The summed E-state index contributed by atoms with van der Waals surface area (Å²) in [5, 5.41) is 0. The van der Waals surface area contributed by atoms with Crippen LogP contribution in [-0.2, 0) is 23.3 Å². The van der Waals surface area contributed by atoms with E-state index in [2.05, 4.69) is 4.52 Å². The zero-order valence-corrected chi connectivity index (χ0v) is 14.6. The van der Waals surface area contributed by atoms with E-state index in [4.69, 9.17) is 29.7 Å². The average molecular weight is 373 g/mol. The molecule has 1 amide bonds. The molecule has 0 bridgehead atoms. The molecule has 0 aromatic heterocycles. The molecule has 2 aliphatic rings. The molecule has 1 aromatic rings. The van der Waals surface area contributed by atoms with Gasteiger partial charge in [0.15, 0.2) is 5.79 Å². The Labute approximate surface area is 144 Å². The van der Waals surface area contributed by atoms with Gasteiger partial charge in [-0.05, 0) is 31.5 Å². The molecule has 4 atom stereocenters. The van der Waals surface area contributed by atoms with Crippen LogP contribution in [0.5, 0.6) is 0 Å². The van der Waals surface area contributed by atoms with Crippen molar-refractivity contribution in [2.24, 2.45) is 5.73 Å². The Balaban J connectivity index is 1.86. The number of benzene rings is 1. The predicted octanol–water partition coefficient (Wildman–Crippen LogP) is 0.855. The first-order chi connectivity index (χ1) is 11.6. The molecule has 0 spiro atoms. The Morgan fingerprint density at radius 2 is 2.00 bits per heavy atom. The van der Waals surface area contributed by atoms with Crippen molar-refractivity contribution < 1.29 is 37.9 Å². The number of ether oxygens (including phenoxy) is 3. The Morgan fingerprint density at radius 3 is 2.64 bits per heavy atom. The van der Waals surface area contributed by atoms with Crippen molar-refractivity contribution in [3.05, 3.63) is 35.4 Å². The molecule has 0 saturated carbocycles. The van der Waals surface area contributed by atoms with Crippen molar-refractivity contribution in [3.63, 3.8) is 0 Å². The van der Waals surface area contributed by atoms with Crippen molar-refractivity contribution >= 4 is 13.7 Å². The summed E-state index contributed by atoms with van der Waals surface area (Å²) in [7, 11) is -4.64. The van der Waals surface area contributed by atoms with Crippen molar-refractivity contribution in [1.82, 2.24) is 0 Å². The molecular formula is C15H20NO8P. The molecule has 138 valence electrons. The summed E-state index contributed by atoms with van der Waals surface area (Å²) in [6.07, 6.45) is -2.40. The highest BCUT2D eigenvalue weighted by atomic mass is 31.2. The smallest absolute Gasteiger partial charge is 0.366 e. The Morgan fingerprint density at radius 1 is 1.32 bits per heavy atom. The molecule has 1 aromatic carbocycles. The van der Waals surface area contributed by atoms with E-state index < -0.39 is 43.9 Å². The van der Waals surface area contributed by atoms with Crippen molar-refractivity contribution in [3.8, 4) is 0 Å². The molecule has 2 aliphatic heterocycles. The van der Waals surface area contributed by atoms with Gasteiger partial charge in [-0.1, -0.05) is 12.1 Å². The number of phosphoric ester groups is 1. The Kier molecular flexibility index (Phi) is 4.76. The van der Waals surface area contributed by atoms with Crippen LogP contribution in [0.4, 0.5) is 0 Å². The number of amides is 1. The first-order valence-corrected chi connectivity index (χ1v) is 9.20. The van der Waals surface area contributed by atoms with E-state index in [1.807, 2.05) is 0 Å². The monoisotopic (exact) mass is 373 g/mol. The van der Waals surface area contributed by atoms with Crippen molar-refractivity contribution in [2.45, 2.75) is 44.1 Å². The summed E-state index contributed by atoms with van der Waals surface area (Å²) in [6.45, 7) is 3.13. The fourth-order valence-corrected chi connectivity index (χ4v) is 3.47. The topological polar surface area (TPSA) is 138 Å². The highest BCUT2D eigenvalue weighted by Gasteiger charge is 2.55. The van der Waals surface area contributed by atoms with Gasteiger partial charge in [-0.15, -0.1) is 0 Å². The van der Waals surface area contributed by atoms with Gasteiger partial charge in [-0.2, -0.15) is 0 Å². The molecule has 4 N–H and O–H groups in total. The molecule has 2 fully saturated rings. The molecule has 3 rings (SSSR count). The maximum absolute atomic E-state index is 11.4. The standard InChI is InChI=1S/C15H20NO8P/c1-15(2)23-12-10(7-21-25(18,19)20)22-11(13(12)24-15)8-4-3-5-9(6-8)14(16)17/h3-6,10-13H,7H2,1-2H3,(H2,16,17)(H2,18,19,20)/t10-,11+,12?,13-/m0/s1. The van der Waals surface area contributed by atoms with E-state index in [1.165, 1.54) is 0 Å². The summed E-state index contributed by atoms with van der Waals surface area (Å²) in [5.74, 6) is -1.44. The van der Waals surface area contributed by atoms with Crippen LogP contribution < -0.4 is 5.73 Å². The lowest BCUT2D eigenvalue weighted by atomic mass is 10.00. The number of hydrogen-bond donors (Lipinski definition) is 3. The predicted molar refractivity (Wildman–Crippen MR) is 84.4 cm³/mol. The van der Waals surface area contributed by atoms with Crippen LogP contribution >= 0.6 is 7.82 Å². The Bertz CT molecular complexity index is 717. The van der Waals surface area contributed by atoms with Crippen LogP contribution in [0.2, 0.25) is 0 Å². The number of rotatable bonds is 5. The zero-order valence-electron chi connectivity index (χ0n) is 13.7. The first-order valence-electron chi connectivity index (χ1n) is 7.67. The van der Waals surface area contributed by atoms with Crippen LogP contribution in [0.15, 0.2) is 24.3 Å². The van der Waals surface area contributed by atoms with Gasteiger partial charge in [-0.3, -0.25) is 9.32 Å². The molecule has 0 aliphatic carbocycles. The highest BCUT2D eigenvalue weighted by molar-refractivity contribution is 7.46. The molecule has 10 heteroatoms. The minimum absolute atomic E-state index is 0.325. The van der Waals surface area contributed by atoms with Gasteiger partial charge in [0.25, 0.3) is 0 Å². The second-order valence-electron chi connectivity index (χ2n) is 6.44. The molecule has 2 heterocycles. The Hall–Kier alpha value is -1.32. The van der Waals surface area contributed by atoms with E-state index in [9.17, 15) is 9.36 Å². The lowest BCUT2D eigenvalue weighted by Crippen LogP contribution is -2.32. The fraction of sp³-hybridized carbons (Fsp3) is 0.533. The number of primary amides is 1. The first kappa shape index (κ1) is 18.5. The number of nitrogens with two attached hydrogens (primary N) is 1. The normalized spacial score (nSPS) is 31.0. The van der Waals surface area contributed by atoms with Gasteiger partial charge in [0, 0.05) is 5.56 Å². The molecule has 9 nitrogen and oxygen atoms in total. The summed E-state index contributed by atoms with van der Waals surface area (Å²) in [4.78, 5) is 29.2. The minimum atomic E-state index is -4.64. The summed E-state index contributed by atoms with van der Waals surface area (Å²) in [5.41, 5.74) is 6.30. The molecule has 25 heavy (non-hydrogen) atoms. The van der Waals surface area contributed by atoms with E-state index in [0.29, 0.717) is 11.1 Å². The SMILES string of the molecule is CC1(C)OC2[C@H](COP(=O)(O)O)O[C@H](c3cccc(C(N)=O)c3)[C@@H]2O1. The quantitative estimate of drug-likeness (QED) is 0.646. The van der Waals surface area contributed by atoms with Crippen LogP contribution in [0.3, 0.4) is 0 Å². The largest absolute Gasteiger partial charge is 0.469 e. The van der Waals surface area contributed by atoms with Crippen LogP contribution in [0.25, 0.3) is 0 Å². The van der Waals surface area contributed by atoms with Gasteiger partial charge in [0.1, 0.15) is 24.4 Å². The summed E-state index contributed by atoms with van der Waals surface area (Å²) in [6, 6.07) is 6.62. The number of fused-ring (bicyclic) bond motifs is 1. The van der Waals surface area contributed by atoms with E-state index in [0.717, 1.165) is 0 Å². The van der Waals surface area contributed by atoms with E-state index in [1.54, 1.807) is 38.1 Å². The summed E-state index contributed by atoms with van der Waals surface area (Å²) < 4.78 is 33.1. The van der Waals surface area contributed by atoms with Gasteiger partial charge in [-0.25, -0.2) is 4.57 Å². The van der Waals surface area contributed by atoms with Gasteiger partial charge in [0.2, 0.25) is 5.91 Å². The second-order valence-corrected chi connectivity index (χ2v) is 7.68. The van der Waals surface area contributed by atoms with Crippen LogP contribution in [-0.4, -0.2) is 46.4 Å². The second kappa shape index (κ2) is 6.44. The lowest BCUT2D eigenvalue weighted by Gasteiger charge is -2.24. The zero-order chi connectivity index (χ0) is 18.4. The third-order valence-corrected chi connectivity index (χ3v) is 4.54. The van der Waals surface area contributed by atoms with Crippen molar-refractivity contribution in [2.75, 3.05) is 6.61 Å². The number of carbonyl (C=O) groups is 1. The van der Waals surface area contributed by atoms with E-state index >= 15 is 0 Å². The van der Waals surface area contributed by atoms with Crippen LogP contribution in [0.1, 0.15) is 35.9 Å². The number of hydrogen-bond acceptors (Lipinski definition) is 6. The van der Waals surface area contributed by atoms with Crippen LogP contribution in [0, 0.1) is 0 Å². The number of carbonyl (C=O) groups excluding carboxylic acids is 1. The average Bonchev–Trinajstić information content (AvgIpc) is 2.97. The minimum Gasteiger partial charge on any atom is -0.366 e. The number of phosphoric acid groups is 1. The molecule has 0 radical (unpaired) electrons. The van der Waals surface area contributed by atoms with E-state index in [-0.39, 0.29) is 6.61 Å². The third kappa shape index (κ3) is 4.09. The van der Waals surface area contributed by atoms with Gasteiger partial charge >= 0.3 is 7.82 Å². The van der Waals surface area contributed by atoms with Gasteiger partial charge < -0.3 is 29.7 Å². The van der Waals surface area contributed by atoms with Crippen molar-refractivity contribution in [1.29, 1.82) is 0 Å². The summed E-state index contributed by atoms with van der Waals surface area (Å²) >= 11 is 0. The highest BCUT2D eigenvalue weighted by Crippen LogP contribution is 2.46. The lowest BCUT2D eigenvalue weighted by molar-refractivity contribution is -0.190. The molecular weight excluding hydrogens is 353 g/mol. The third-order valence-electron chi connectivity index (χ3n) is 4.06.